The van der Waals surface area contributed by atoms with Gasteiger partial charge >= 0.3 is 18.2 Å². The van der Waals surface area contributed by atoms with Crippen molar-refractivity contribution in [2.75, 3.05) is 61.8 Å². The zero-order valence-electron chi connectivity index (χ0n) is 52.9. The molecule has 1 fully saturated rings. The highest BCUT2D eigenvalue weighted by Gasteiger charge is 2.34. The van der Waals surface area contributed by atoms with Crippen LogP contribution in [0.15, 0.2) is 226 Å². The van der Waals surface area contributed by atoms with Crippen molar-refractivity contribution in [3.05, 3.63) is 249 Å². The molecule has 1 aliphatic rings. The number of carboxylic acids is 1. The Morgan fingerprint density at radius 1 is 0.697 bits per heavy atom. The van der Waals surface area contributed by atoms with E-state index in [0.717, 1.165) is 12.1 Å². The summed E-state index contributed by atoms with van der Waals surface area (Å²) < 4.78 is 84.9. The highest BCUT2D eigenvalue weighted by molar-refractivity contribution is 7.92. The summed E-state index contributed by atoms with van der Waals surface area (Å²) in [5, 5.41) is 34.3. The second kappa shape index (κ2) is 33.0. The summed E-state index contributed by atoms with van der Waals surface area (Å²) >= 11 is 11.5. The number of aromatic hydroxyl groups is 1. The Bertz CT molecular complexity index is 4730. The van der Waals surface area contributed by atoms with Crippen LogP contribution < -0.4 is 40.4 Å². The van der Waals surface area contributed by atoms with Crippen LogP contribution in [0.2, 0.25) is 10.0 Å². The Hall–Kier alpha value is -11.4. The van der Waals surface area contributed by atoms with Gasteiger partial charge in [-0.25, -0.2) is 23.0 Å². The lowest BCUT2D eigenvalue weighted by Gasteiger charge is -2.38. The molecule has 1 atom stereocenters. The van der Waals surface area contributed by atoms with Crippen molar-refractivity contribution in [2.24, 2.45) is 10.2 Å². The minimum atomic E-state index is -4.64. The number of ether oxygens (including phenoxy) is 3. The number of para-hydroxylation sites is 4. The number of amides is 4. The van der Waals surface area contributed by atoms with E-state index in [0.29, 0.717) is 100 Å². The van der Waals surface area contributed by atoms with E-state index < -0.39 is 38.8 Å². The summed E-state index contributed by atoms with van der Waals surface area (Å²) in [7, 11) is -2.24. The summed E-state index contributed by atoms with van der Waals surface area (Å²) in [6.07, 6.45) is -3.21. The molecule has 1 unspecified atom stereocenters. The third kappa shape index (κ3) is 19.4. The maximum Gasteiger partial charge on any atom is 0.417 e. The number of aromatic nitrogens is 3. The van der Waals surface area contributed by atoms with Gasteiger partial charge in [0.25, 0.3) is 27.4 Å². The molecular weight excluding hydrogens is 1350 g/mol. The molecule has 0 spiro atoms. The lowest BCUT2D eigenvalue weighted by molar-refractivity contribution is -0.137. The summed E-state index contributed by atoms with van der Waals surface area (Å²) in [5.74, 6) is 0.612. The third-order valence-corrected chi connectivity index (χ3v) is 16.7. The van der Waals surface area contributed by atoms with Crippen molar-refractivity contribution >= 4 is 96.4 Å². The number of halogens is 5. The smallest absolute Gasteiger partial charge is 0.417 e. The first-order valence-electron chi connectivity index (χ1n) is 30.2. The Morgan fingerprint density at radius 2 is 1.33 bits per heavy atom. The number of hydrogen-bond acceptors (Lipinski definition) is 16. The van der Waals surface area contributed by atoms with E-state index in [9.17, 15) is 50.7 Å². The van der Waals surface area contributed by atoms with Gasteiger partial charge in [-0.3, -0.25) is 33.6 Å². The fraction of sp³-hybridized carbons (Fsp3) is 0.157. The fourth-order valence-corrected chi connectivity index (χ4v) is 11.1. The van der Waals surface area contributed by atoms with Crippen LogP contribution in [0.25, 0.3) is 16.6 Å². The number of alkyl halides is 3. The lowest BCUT2D eigenvalue weighted by atomic mass is 10.1. The number of pyridine rings is 1. The first kappa shape index (κ1) is 71.9. The Kier molecular flexibility index (Phi) is 24.0. The van der Waals surface area contributed by atoms with Gasteiger partial charge in [-0.1, -0.05) is 65.7 Å². The number of benzene rings is 8. The van der Waals surface area contributed by atoms with Crippen LogP contribution in [0.4, 0.5) is 46.4 Å². The van der Waals surface area contributed by atoms with E-state index >= 15 is 0 Å². The number of phenols is 1. The van der Waals surface area contributed by atoms with Crippen LogP contribution in [0.1, 0.15) is 52.1 Å². The molecule has 1 aliphatic heterocycles. The van der Waals surface area contributed by atoms with Crippen LogP contribution in [0.5, 0.6) is 28.7 Å². The molecule has 29 heteroatoms. The van der Waals surface area contributed by atoms with E-state index in [-0.39, 0.29) is 63.3 Å². The van der Waals surface area contributed by atoms with E-state index in [1.165, 1.54) is 67.8 Å². The maximum absolute atomic E-state index is 13.8. The van der Waals surface area contributed by atoms with Crippen LogP contribution in [0.3, 0.4) is 0 Å². The van der Waals surface area contributed by atoms with Gasteiger partial charge in [0, 0.05) is 67.6 Å². The third-order valence-electron chi connectivity index (χ3n) is 14.7. The number of carboxylic acid groups (broad SMARTS) is 1. The van der Waals surface area contributed by atoms with Gasteiger partial charge in [0.05, 0.1) is 56.1 Å². The molecule has 3 heterocycles. The van der Waals surface area contributed by atoms with Gasteiger partial charge in [-0.15, -0.1) is 0 Å². The van der Waals surface area contributed by atoms with Gasteiger partial charge in [0.15, 0.2) is 6.61 Å². The molecule has 23 nitrogen and oxygen atoms in total. The van der Waals surface area contributed by atoms with E-state index in [1.54, 1.807) is 95.6 Å². The molecule has 8 aromatic carbocycles. The Labute approximate surface area is 575 Å². The Balaban J connectivity index is 0.000000176. The molecule has 6 N–H and O–H groups in total. The number of urea groups is 1. The monoisotopic (exact) mass is 1410 g/mol. The predicted molar refractivity (Wildman–Crippen MR) is 368 cm³/mol. The van der Waals surface area contributed by atoms with E-state index in [4.69, 9.17) is 47.5 Å². The number of carbonyl (C=O) groups excluding carboxylic acids is 3. The van der Waals surface area contributed by atoms with Gasteiger partial charge in [-0.05, 0) is 166 Å². The summed E-state index contributed by atoms with van der Waals surface area (Å²) in [6.45, 7) is 6.82. The normalized spacial score (nSPS) is 12.6. The first-order valence-corrected chi connectivity index (χ1v) is 32.4. The average molecular weight is 1410 g/mol. The molecule has 11 rings (SSSR count). The zero-order valence-corrected chi connectivity index (χ0v) is 55.2. The van der Waals surface area contributed by atoms with Crippen LogP contribution in [-0.4, -0.2) is 113 Å². The largest absolute Gasteiger partial charge is 0.507 e. The van der Waals surface area contributed by atoms with E-state index in [2.05, 4.69) is 47.7 Å². The maximum atomic E-state index is 13.8. The molecular formula is C70H62Cl2F3N11O12S. The number of anilines is 3. The van der Waals surface area contributed by atoms with E-state index in [1.807, 2.05) is 54.3 Å². The highest BCUT2D eigenvalue weighted by Crippen LogP contribution is 2.37. The van der Waals surface area contributed by atoms with Crippen LogP contribution in [-0.2, 0) is 21.0 Å². The highest BCUT2D eigenvalue weighted by atomic mass is 35.5. The number of sulfonamides is 1. The number of carbonyl (C=O) groups is 4. The number of hydrogen-bond donors (Lipinski definition) is 6. The van der Waals surface area contributed by atoms with Gasteiger partial charge in [0.1, 0.15) is 45.8 Å². The summed E-state index contributed by atoms with van der Waals surface area (Å²) in [6, 6.07) is 51.3. The predicted octanol–water partition coefficient (Wildman–Crippen LogP) is 14.6. The van der Waals surface area contributed by atoms with Crippen molar-refractivity contribution in [1.82, 2.24) is 29.7 Å². The first-order chi connectivity index (χ1) is 47.5. The van der Waals surface area contributed by atoms with Crippen molar-refractivity contribution in [3.63, 3.8) is 0 Å². The van der Waals surface area contributed by atoms with Crippen molar-refractivity contribution in [1.29, 1.82) is 0 Å². The van der Waals surface area contributed by atoms with Crippen LogP contribution in [0, 0.1) is 0 Å². The van der Waals surface area contributed by atoms with Crippen molar-refractivity contribution in [3.8, 4) is 34.4 Å². The number of aromatic carboxylic acids is 1. The minimum absolute atomic E-state index is 0.0306. The summed E-state index contributed by atoms with van der Waals surface area (Å²) in [4.78, 5) is 74.4. The Morgan fingerprint density at radius 3 is 2.02 bits per heavy atom. The molecule has 510 valence electrons. The fourth-order valence-electron chi connectivity index (χ4n) is 9.74. The summed E-state index contributed by atoms with van der Waals surface area (Å²) in [5.41, 5.74) is 1.41. The molecule has 0 aliphatic carbocycles. The molecule has 10 aromatic rings. The standard InChI is InChI=1S/C30H31ClN4O4.C21H16ClF3N4O3.C19H15N3O5S/c1-3-38-27-11-7-6-10-26(27)35-29(32-25-9-5-4-8-24(25)30(35)37)21(2)33-16-18-34(19-17-33)28(36)20-39-23-14-12-22(31)13-15-23;1-26-19(30)18-11-15(8-9-27-18)32-14-5-2-12(3-6-14)28-20(31)29-13-4-7-17(22)16(10-13)21(23,24)25;23-18-11-8-15(12-17(18)19(24)25)21-20-13-6-9-16(10-7-13)28(26,27)22-14-4-2-1-3-5-14/h4-15,21H,3,16-20H2,1-2H3;2-11H,1H3,(H,26,30)(H2,28,29,31);1-12,22-23H,(H,24,25). The average Bonchev–Trinajstić information content (AvgIpc) is 0.780. The minimum Gasteiger partial charge on any atom is -0.507 e. The number of fused-ring (bicyclic) bond motifs is 1. The van der Waals surface area contributed by atoms with Gasteiger partial charge in [-0.2, -0.15) is 23.4 Å². The second-order valence-electron chi connectivity index (χ2n) is 21.4. The SMILES string of the molecule is CCOc1ccccc1-n1c(C(C)N2CCN(C(=O)COc3ccc(Cl)cc3)CC2)nc2ccccc2c1=O.CNC(=O)c1cc(Oc2ccc(NC(=O)Nc3ccc(Cl)c(C(F)(F)F)c3)cc2)ccn1.O=C(O)c1cc(N=Nc2ccc(S(=O)(=O)Nc3ccccc3)cc2)ccc1O. The van der Waals surface area contributed by atoms with Gasteiger partial charge in [0.2, 0.25) is 0 Å². The zero-order chi connectivity index (χ0) is 70.8. The number of nitrogens with zero attached hydrogens (tertiary/aromatic N) is 7. The molecule has 0 radical (unpaired) electrons. The quantitative estimate of drug-likeness (QED) is 0.0410. The van der Waals surface area contributed by atoms with Crippen molar-refractivity contribution in [2.45, 2.75) is 31.0 Å². The number of rotatable bonds is 19. The molecule has 0 saturated carbocycles. The lowest BCUT2D eigenvalue weighted by Crippen LogP contribution is -2.51. The molecule has 2 aromatic heterocycles. The molecule has 1 saturated heterocycles. The molecule has 99 heavy (non-hydrogen) atoms. The van der Waals surface area contributed by atoms with Gasteiger partial charge < -0.3 is 45.3 Å². The second-order valence-corrected chi connectivity index (χ2v) is 23.9. The number of nitrogens with one attached hydrogen (secondary N) is 4. The van der Waals surface area contributed by atoms with Crippen LogP contribution >= 0.6 is 23.2 Å². The number of azo groups is 1. The number of piperazine rings is 1. The molecule has 0 bridgehead atoms. The molecule has 4 amide bonds. The van der Waals surface area contributed by atoms with Crippen molar-refractivity contribution < 1.29 is 65.2 Å². The topological polar surface area (TPSA) is 298 Å².